The predicted octanol–water partition coefficient (Wildman–Crippen LogP) is 4.75. The second-order valence-corrected chi connectivity index (χ2v) is 7.30. The number of nitrogens with two attached hydrogens (primary N) is 1. The molecule has 6 rings (SSSR count). The molecule has 0 atom stereocenters. The smallest absolute Gasteiger partial charge is 0.138 e. The van der Waals surface area contributed by atoms with E-state index in [0.717, 1.165) is 63.6 Å². The van der Waals surface area contributed by atoms with Crippen LogP contribution in [0.4, 0.5) is 17.1 Å². The van der Waals surface area contributed by atoms with E-state index >= 15 is 0 Å². The van der Waals surface area contributed by atoms with Crippen molar-refractivity contribution in [3.05, 3.63) is 71.3 Å². The Labute approximate surface area is 161 Å². The van der Waals surface area contributed by atoms with Crippen LogP contribution in [-0.4, -0.2) is 21.9 Å². The van der Waals surface area contributed by atoms with Crippen LogP contribution in [0.1, 0.15) is 16.7 Å². The molecule has 5 nitrogen and oxygen atoms in total. The summed E-state index contributed by atoms with van der Waals surface area (Å²) in [6, 6.07) is 18.5. The molecule has 4 aromatic rings. The van der Waals surface area contributed by atoms with Crippen LogP contribution in [0.3, 0.4) is 0 Å². The molecule has 3 heterocycles. The number of benzene rings is 3. The SMILES string of the molecule is Nc1ccc2c(c1)CC(c1ccc3nc(-c4ccc5c(c4)N=CC5)[nH]c3c1)=N2. The predicted molar refractivity (Wildman–Crippen MR) is 114 cm³/mol. The molecule has 2 aliphatic heterocycles. The molecule has 0 saturated carbocycles. The second-order valence-electron chi connectivity index (χ2n) is 7.30. The maximum Gasteiger partial charge on any atom is 0.138 e. The average Bonchev–Trinajstić information content (AvgIpc) is 3.43. The zero-order valence-corrected chi connectivity index (χ0v) is 15.1. The van der Waals surface area contributed by atoms with Crippen molar-refractivity contribution in [1.82, 2.24) is 9.97 Å². The first kappa shape index (κ1) is 15.3. The van der Waals surface area contributed by atoms with E-state index < -0.39 is 0 Å². The van der Waals surface area contributed by atoms with Crippen LogP contribution in [-0.2, 0) is 12.8 Å². The molecule has 134 valence electrons. The van der Waals surface area contributed by atoms with Crippen LogP contribution < -0.4 is 5.73 Å². The van der Waals surface area contributed by atoms with Crippen molar-refractivity contribution >= 4 is 40.0 Å². The highest BCUT2D eigenvalue weighted by Crippen LogP contribution is 2.32. The lowest BCUT2D eigenvalue weighted by atomic mass is 10.0. The number of hydrogen-bond acceptors (Lipinski definition) is 4. The van der Waals surface area contributed by atoms with Gasteiger partial charge in [-0.3, -0.25) is 9.98 Å². The third-order valence-electron chi connectivity index (χ3n) is 5.43. The first-order valence-electron chi connectivity index (χ1n) is 9.35. The summed E-state index contributed by atoms with van der Waals surface area (Å²) in [7, 11) is 0. The van der Waals surface area contributed by atoms with Gasteiger partial charge in [-0.05, 0) is 53.1 Å². The van der Waals surface area contributed by atoms with Gasteiger partial charge in [0.2, 0.25) is 0 Å². The van der Waals surface area contributed by atoms with Crippen molar-refractivity contribution in [3.8, 4) is 11.4 Å². The average molecular weight is 363 g/mol. The standard InChI is InChI=1S/C23H17N5/c24-17-4-6-18-16(9-17)12-21(26-18)14-3-5-19-22(10-14)28-23(27-19)15-2-1-13-7-8-25-20(13)11-15/h1-6,8-11H,7,12,24H2,(H,27,28). The number of fused-ring (bicyclic) bond motifs is 3. The van der Waals surface area contributed by atoms with E-state index in [4.69, 9.17) is 15.7 Å². The van der Waals surface area contributed by atoms with Gasteiger partial charge in [0, 0.05) is 30.3 Å². The molecule has 28 heavy (non-hydrogen) atoms. The molecule has 0 radical (unpaired) electrons. The molecule has 0 fully saturated rings. The molecular formula is C23H17N5. The van der Waals surface area contributed by atoms with Gasteiger partial charge in [-0.25, -0.2) is 4.98 Å². The number of rotatable bonds is 2. The van der Waals surface area contributed by atoms with Gasteiger partial charge in [-0.2, -0.15) is 0 Å². The highest BCUT2D eigenvalue weighted by atomic mass is 14.9. The fourth-order valence-corrected chi connectivity index (χ4v) is 3.96. The van der Waals surface area contributed by atoms with Crippen LogP contribution in [0.25, 0.3) is 22.4 Å². The number of nitrogens with zero attached hydrogens (tertiary/aromatic N) is 3. The Balaban J connectivity index is 1.38. The highest BCUT2D eigenvalue weighted by Gasteiger charge is 2.17. The molecular weight excluding hydrogens is 346 g/mol. The Morgan fingerprint density at radius 1 is 0.857 bits per heavy atom. The number of aromatic amines is 1. The van der Waals surface area contributed by atoms with Crippen LogP contribution in [0.2, 0.25) is 0 Å². The normalized spacial score (nSPS) is 14.4. The fraction of sp³-hybridized carbons (Fsp3) is 0.0870. The van der Waals surface area contributed by atoms with E-state index in [1.807, 2.05) is 24.4 Å². The van der Waals surface area contributed by atoms with Crippen molar-refractivity contribution in [3.63, 3.8) is 0 Å². The number of H-pyrrole nitrogens is 1. The van der Waals surface area contributed by atoms with E-state index in [-0.39, 0.29) is 0 Å². The lowest BCUT2D eigenvalue weighted by molar-refractivity contribution is 1.32. The summed E-state index contributed by atoms with van der Waals surface area (Å²) in [6.07, 6.45) is 3.66. The summed E-state index contributed by atoms with van der Waals surface area (Å²) in [4.78, 5) is 17.4. The van der Waals surface area contributed by atoms with Crippen LogP contribution >= 0.6 is 0 Å². The van der Waals surface area contributed by atoms with Gasteiger partial charge in [0.15, 0.2) is 0 Å². The first-order chi connectivity index (χ1) is 13.7. The molecule has 0 saturated heterocycles. The molecule has 2 aliphatic rings. The number of nitrogen functional groups attached to an aromatic ring is 1. The lowest BCUT2D eigenvalue weighted by Crippen LogP contribution is -2.00. The van der Waals surface area contributed by atoms with Crippen LogP contribution in [0.5, 0.6) is 0 Å². The van der Waals surface area contributed by atoms with Crippen molar-refractivity contribution in [2.75, 3.05) is 5.73 Å². The van der Waals surface area contributed by atoms with Crippen molar-refractivity contribution in [2.24, 2.45) is 9.98 Å². The third-order valence-corrected chi connectivity index (χ3v) is 5.43. The monoisotopic (exact) mass is 363 g/mol. The van der Waals surface area contributed by atoms with E-state index in [0.29, 0.717) is 0 Å². The zero-order valence-electron chi connectivity index (χ0n) is 15.1. The molecule has 3 N–H and O–H groups in total. The summed E-state index contributed by atoms with van der Waals surface area (Å²) in [5.41, 5.74) is 16.4. The molecule has 1 aromatic heterocycles. The van der Waals surface area contributed by atoms with Gasteiger partial charge in [0.1, 0.15) is 5.82 Å². The van der Waals surface area contributed by atoms with Crippen molar-refractivity contribution < 1.29 is 0 Å². The molecule has 0 aliphatic carbocycles. The number of aromatic nitrogens is 2. The van der Waals surface area contributed by atoms with Gasteiger partial charge in [-0.15, -0.1) is 0 Å². The third kappa shape index (κ3) is 2.36. The van der Waals surface area contributed by atoms with Crippen LogP contribution in [0, 0.1) is 0 Å². The summed E-state index contributed by atoms with van der Waals surface area (Å²) < 4.78 is 0. The van der Waals surface area contributed by atoms with E-state index in [2.05, 4.69) is 46.4 Å². The molecule has 3 aromatic carbocycles. The minimum absolute atomic E-state index is 0.780. The second kappa shape index (κ2) is 5.63. The summed E-state index contributed by atoms with van der Waals surface area (Å²) in [5.74, 6) is 0.862. The number of anilines is 1. The Bertz CT molecular complexity index is 1330. The maximum absolute atomic E-state index is 5.91. The minimum Gasteiger partial charge on any atom is -0.399 e. The fourth-order valence-electron chi connectivity index (χ4n) is 3.96. The highest BCUT2D eigenvalue weighted by molar-refractivity contribution is 6.08. The minimum atomic E-state index is 0.780. The van der Waals surface area contributed by atoms with E-state index in [9.17, 15) is 0 Å². The Morgan fingerprint density at radius 2 is 1.79 bits per heavy atom. The largest absolute Gasteiger partial charge is 0.399 e. The maximum atomic E-state index is 5.91. The Hall–Kier alpha value is -3.73. The number of hydrogen-bond donors (Lipinski definition) is 2. The van der Waals surface area contributed by atoms with Gasteiger partial charge >= 0.3 is 0 Å². The molecule has 0 amide bonds. The first-order valence-corrected chi connectivity index (χ1v) is 9.35. The molecule has 5 heteroatoms. The van der Waals surface area contributed by atoms with Gasteiger partial charge in [0.05, 0.1) is 28.1 Å². The Kier molecular flexibility index (Phi) is 3.09. The molecule has 0 unspecified atom stereocenters. The van der Waals surface area contributed by atoms with E-state index in [1.54, 1.807) is 0 Å². The topological polar surface area (TPSA) is 79.4 Å². The molecule has 0 bridgehead atoms. The number of aliphatic imine (C=N–C) groups is 2. The van der Waals surface area contributed by atoms with Crippen molar-refractivity contribution in [2.45, 2.75) is 12.8 Å². The summed E-state index contributed by atoms with van der Waals surface area (Å²) in [5, 5.41) is 0. The molecule has 0 spiro atoms. The van der Waals surface area contributed by atoms with Gasteiger partial charge in [-0.1, -0.05) is 18.2 Å². The quantitative estimate of drug-likeness (QED) is 0.504. The van der Waals surface area contributed by atoms with Crippen LogP contribution in [0.15, 0.2) is 64.6 Å². The Morgan fingerprint density at radius 3 is 2.75 bits per heavy atom. The number of imidazole rings is 1. The summed E-state index contributed by atoms with van der Waals surface area (Å²) in [6.45, 7) is 0. The zero-order chi connectivity index (χ0) is 18.7. The van der Waals surface area contributed by atoms with Gasteiger partial charge < -0.3 is 10.7 Å². The van der Waals surface area contributed by atoms with E-state index in [1.165, 1.54) is 11.1 Å². The lowest BCUT2D eigenvalue weighted by Gasteiger charge is -2.01. The number of nitrogens with one attached hydrogen (secondary N) is 1. The van der Waals surface area contributed by atoms with Gasteiger partial charge in [0.25, 0.3) is 0 Å². The summed E-state index contributed by atoms with van der Waals surface area (Å²) >= 11 is 0. The van der Waals surface area contributed by atoms with Crippen molar-refractivity contribution in [1.29, 1.82) is 0 Å².